The highest BCUT2D eigenvalue weighted by atomic mass is 19.4. The Morgan fingerprint density at radius 2 is 1.93 bits per heavy atom. The number of aryl methyl sites for hydroxylation is 1. The molecule has 6 nitrogen and oxygen atoms in total. The molecule has 1 aromatic carbocycles. The SMILES string of the molecule is Cc1cc(-c2ccc(C(F)(F)F)cc2O)c(=O)n(C2CCCN(C(=O)O)C2)c1. The first-order valence-electron chi connectivity index (χ1n) is 8.69. The van der Waals surface area contributed by atoms with Gasteiger partial charge in [-0.05, 0) is 49.6 Å². The number of pyridine rings is 1. The van der Waals surface area contributed by atoms with Gasteiger partial charge in [-0.25, -0.2) is 4.79 Å². The van der Waals surface area contributed by atoms with E-state index in [1.54, 1.807) is 13.1 Å². The number of hydrogen-bond donors (Lipinski definition) is 2. The van der Waals surface area contributed by atoms with E-state index in [1.807, 2.05) is 0 Å². The normalized spacial score (nSPS) is 17.6. The topological polar surface area (TPSA) is 82.8 Å². The van der Waals surface area contributed by atoms with Gasteiger partial charge in [-0.2, -0.15) is 13.2 Å². The number of phenolic OH excluding ortho intramolecular Hbond substituents is 1. The van der Waals surface area contributed by atoms with Gasteiger partial charge in [0.1, 0.15) is 5.75 Å². The molecule has 2 N–H and O–H groups in total. The van der Waals surface area contributed by atoms with Crippen LogP contribution in [0.5, 0.6) is 5.75 Å². The quantitative estimate of drug-likeness (QED) is 0.808. The van der Waals surface area contributed by atoms with Crippen LogP contribution in [0.3, 0.4) is 0 Å². The predicted octanol–water partition coefficient (Wildman–Crippen LogP) is 3.86. The van der Waals surface area contributed by atoms with Gasteiger partial charge in [0.2, 0.25) is 0 Å². The second-order valence-electron chi connectivity index (χ2n) is 6.90. The molecule has 150 valence electrons. The number of aromatic hydroxyl groups is 1. The van der Waals surface area contributed by atoms with Crippen LogP contribution < -0.4 is 5.56 Å². The van der Waals surface area contributed by atoms with Crippen molar-refractivity contribution < 1.29 is 28.2 Å². The number of carbonyl (C=O) groups is 1. The second-order valence-corrected chi connectivity index (χ2v) is 6.90. The van der Waals surface area contributed by atoms with Crippen molar-refractivity contribution in [2.75, 3.05) is 13.1 Å². The maximum Gasteiger partial charge on any atom is 0.416 e. The summed E-state index contributed by atoms with van der Waals surface area (Å²) in [5.74, 6) is -0.639. The van der Waals surface area contributed by atoms with Crippen LogP contribution >= 0.6 is 0 Å². The number of hydrogen-bond acceptors (Lipinski definition) is 3. The fourth-order valence-electron chi connectivity index (χ4n) is 3.50. The number of likely N-dealkylation sites (tertiary alicyclic amines) is 1. The van der Waals surface area contributed by atoms with Crippen LogP contribution in [0.25, 0.3) is 11.1 Å². The van der Waals surface area contributed by atoms with Gasteiger partial charge in [-0.15, -0.1) is 0 Å². The minimum atomic E-state index is -4.61. The number of aromatic nitrogens is 1. The Bertz CT molecular complexity index is 969. The summed E-state index contributed by atoms with van der Waals surface area (Å²) in [6.45, 7) is 2.26. The van der Waals surface area contributed by atoms with Crippen LogP contribution in [-0.2, 0) is 6.18 Å². The summed E-state index contributed by atoms with van der Waals surface area (Å²) in [6, 6.07) is 3.59. The third kappa shape index (κ3) is 3.83. The molecule has 0 bridgehead atoms. The lowest BCUT2D eigenvalue weighted by atomic mass is 10.0. The van der Waals surface area contributed by atoms with Crippen LogP contribution in [-0.4, -0.2) is 38.9 Å². The van der Waals surface area contributed by atoms with Gasteiger partial charge in [-0.3, -0.25) is 4.79 Å². The van der Waals surface area contributed by atoms with Crippen molar-refractivity contribution in [1.29, 1.82) is 0 Å². The van der Waals surface area contributed by atoms with Crippen molar-refractivity contribution in [3.05, 3.63) is 51.9 Å². The highest BCUT2D eigenvalue weighted by molar-refractivity contribution is 5.70. The number of piperidine rings is 1. The zero-order chi connectivity index (χ0) is 20.6. The first kappa shape index (κ1) is 19.8. The fourth-order valence-corrected chi connectivity index (χ4v) is 3.50. The minimum absolute atomic E-state index is 0.00125. The molecule has 1 amide bonds. The molecular weight excluding hydrogens is 377 g/mol. The Balaban J connectivity index is 2.05. The van der Waals surface area contributed by atoms with Crippen molar-refractivity contribution >= 4 is 6.09 Å². The molecule has 0 aliphatic carbocycles. The van der Waals surface area contributed by atoms with E-state index < -0.39 is 29.1 Å². The van der Waals surface area contributed by atoms with E-state index in [0.29, 0.717) is 31.0 Å². The Morgan fingerprint density at radius 3 is 2.54 bits per heavy atom. The van der Waals surface area contributed by atoms with E-state index in [0.717, 1.165) is 12.1 Å². The average Bonchev–Trinajstić information content (AvgIpc) is 2.62. The number of phenols is 1. The zero-order valence-electron chi connectivity index (χ0n) is 15.0. The van der Waals surface area contributed by atoms with Gasteiger partial charge in [0.05, 0.1) is 17.2 Å². The number of rotatable bonds is 2. The van der Waals surface area contributed by atoms with E-state index in [1.165, 1.54) is 15.5 Å². The molecule has 28 heavy (non-hydrogen) atoms. The van der Waals surface area contributed by atoms with Gasteiger partial charge >= 0.3 is 12.3 Å². The molecule has 2 aromatic rings. The Morgan fingerprint density at radius 1 is 1.21 bits per heavy atom. The number of alkyl halides is 3. The van der Waals surface area contributed by atoms with Crippen LogP contribution in [0.4, 0.5) is 18.0 Å². The standard InChI is InChI=1S/C19H19F3N2O4/c1-11-7-15(14-5-4-12(8-16(14)25)19(20,21)22)17(26)24(9-11)13-3-2-6-23(10-13)18(27)28/h4-5,7-9,13,25H,2-3,6,10H2,1H3,(H,27,28). The van der Waals surface area contributed by atoms with Crippen molar-refractivity contribution in [3.63, 3.8) is 0 Å². The summed E-state index contributed by atoms with van der Waals surface area (Å²) in [5.41, 5.74) is -0.759. The van der Waals surface area contributed by atoms with Gasteiger partial charge < -0.3 is 19.7 Å². The molecule has 1 aromatic heterocycles. The van der Waals surface area contributed by atoms with Crippen molar-refractivity contribution in [2.24, 2.45) is 0 Å². The lowest BCUT2D eigenvalue weighted by Crippen LogP contribution is -2.42. The maximum atomic E-state index is 13.0. The summed E-state index contributed by atoms with van der Waals surface area (Å²) < 4.78 is 39.9. The summed E-state index contributed by atoms with van der Waals surface area (Å²) in [5, 5.41) is 19.3. The summed E-state index contributed by atoms with van der Waals surface area (Å²) in [7, 11) is 0. The van der Waals surface area contributed by atoms with E-state index in [4.69, 9.17) is 0 Å². The Kier molecular flexibility index (Phi) is 5.10. The third-order valence-electron chi connectivity index (χ3n) is 4.86. The molecule has 1 aliphatic rings. The van der Waals surface area contributed by atoms with Gasteiger partial charge in [0.15, 0.2) is 0 Å². The van der Waals surface area contributed by atoms with Crippen LogP contribution in [0.2, 0.25) is 0 Å². The minimum Gasteiger partial charge on any atom is -0.507 e. The van der Waals surface area contributed by atoms with Crippen LogP contribution in [0, 0.1) is 6.92 Å². The average molecular weight is 396 g/mol. The molecule has 0 radical (unpaired) electrons. The number of carboxylic acid groups (broad SMARTS) is 1. The van der Waals surface area contributed by atoms with E-state index in [-0.39, 0.29) is 23.7 Å². The second kappa shape index (κ2) is 7.21. The predicted molar refractivity (Wildman–Crippen MR) is 95.4 cm³/mol. The molecule has 1 saturated heterocycles. The molecule has 0 spiro atoms. The van der Waals surface area contributed by atoms with E-state index in [2.05, 4.69) is 0 Å². The largest absolute Gasteiger partial charge is 0.507 e. The smallest absolute Gasteiger partial charge is 0.416 e. The van der Waals surface area contributed by atoms with Crippen LogP contribution in [0.1, 0.15) is 30.0 Å². The molecule has 1 fully saturated rings. The summed E-state index contributed by atoms with van der Waals surface area (Å²) >= 11 is 0. The van der Waals surface area contributed by atoms with Gasteiger partial charge in [-0.1, -0.05) is 0 Å². The Hall–Kier alpha value is -2.97. The Labute approximate surface area is 158 Å². The molecule has 1 unspecified atom stereocenters. The first-order chi connectivity index (χ1) is 13.1. The van der Waals surface area contributed by atoms with Gasteiger partial charge in [0, 0.05) is 24.8 Å². The summed E-state index contributed by atoms with van der Waals surface area (Å²) in [4.78, 5) is 25.5. The summed E-state index contributed by atoms with van der Waals surface area (Å²) in [6.07, 6.45) is -2.87. The van der Waals surface area contributed by atoms with Crippen LogP contribution in [0.15, 0.2) is 35.3 Å². The number of benzene rings is 1. The molecule has 9 heteroatoms. The highest BCUT2D eigenvalue weighted by Crippen LogP contribution is 2.36. The number of amides is 1. The first-order valence-corrected chi connectivity index (χ1v) is 8.69. The maximum absolute atomic E-state index is 13.0. The molecule has 3 rings (SSSR count). The zero-order valence-corrected chi connectivity index (χ0v) is 15.0. The van der Waals surface area contributed by atoms with Crippen molar-refractivity contribution in [2.45, 2.75) is 32.0 Å². The lowest BCUT2D eigenvalue weighted by Gasteiger charge is -2.32. The fraction of sp³-hybridized carbons (Fsp3) is 0.368. The van der Waals surface area contributed by atoms with Crippen molar-refractivity contribution in [3.8, 4) is 16.9 Å². The molecule has 2 heterocycles. The van der Waals surface area contributed by atoms with Gasteiger partial charge in [0.25, 0.3) is 5.56 Å². The van der Waals surface area contributed by atoms with E-state index in [9.17, 15) is 33.0 Å². The molecule has 1 aliphatic heterocycles. The molecule has 0 saturated carbocycles. The molecule has 1 atom stereocenters. The highest BCUT2D eigenvalue weighted by Gasteiger charge is 2.31. The molecular formula is C19H19F3N2O4. The monoisotopic (exact) mass is 396 g/mol. The number of nitrogens with zero attached hydrogens (tertiary/aromatic N) is 2. The third-order valence-corrected chi connectivity index (χ3v) is 4.86. The number of halogens is 3. The van der Waals surface area contributed by atoms with E-state index >= 15 is 0 Å². The lowest BCUT2D eigenvalue weighted by molar-refractivity contribution is -0.137. The van der Waals surface area contributed by atoms with Crippen molar-refractivity contribution in [1.82, 2.24) is 9.47 Å².